The van der Waals surface area contributed by atoms with E-state index in [9.17, 15) is 15.0 Å². The van der Waals surface area contributed by atoms with E-state index in [1.807, 2.05) is 0 Å². The molecule has 0 radical (unpaired) electrons. The molecule has 0 saturated heterocycles. The standard InChI is InChI=1S/C15H21NO3/c1-10-12(6-4-8-13(10)17)15(19)16-9-11-5-2-3-7-14(11)18/h4,6,8,11,14,17-18H,2-3,5,7,9H2,1H3,(H,16,19). The number of hydrogen-bond donors (Lipinski definition) is 3. The van der Waals surface area contributed by atoms with E-state index in [1.54, 1.807) is 25.1 Å². The summed E-state index contributed by atoms with van der Waals surface area (Å²) in [7, 11) is 0. The van der Waals surface area contributed by atoms with Gasteiger partial charge in [0.1, 0.15) is 5.75 Å². The maximum Gasteiger partial charge on any atom is 0.251 e. The lowest BCUT2D eigenvalue weighted by Crippen LogP contribution is -2.36. The van der Waals surface area contributed by atoms with Gasteiger partial charge in [-0.2, -0.15) is 0 Å². The Bertz CT molecular complexity index is 459. The van der Waals surface area contributed by atoms with Crippen molar-refractivity contribution in [3.05, 3.63) is 29.3 Å². The van der Waals surface area contributed by atoms with Gasteiger partial charge in [0.15, 0.2) is 0 Å². The number of carbonyl (C=O) groups is 1. The van der Waals surface area contributed by atoms with Crippen LogP contribution in [0.4, 0.5) is 0 Å². The molecule has 1 saturated carbocycles. The molecule has 0 aliphatic heterocycles. The second-order valence-corrected chi connectivity index (χ2v) is 5.27. The zero-order valence-electron chi connectivity index (χ0n) is 11.2. The van der Waals surface area contributed by atoms with Crippen LogP contribution in [0.25, 0.3) is 0 Å². The van der Waals surface area contributed by atoms with Crippen LogP contribution in [0, 0.1) is 12.8 Å². The van der Waals surface area contributed by atoms with Crippen molar-refractivity contribution in [2.45, 2.75) is 38.7 Å². The van der Waals surface area contributed by atoms with E-state index in [1.165, 1.54) is 0 Å². The van der Waals surface area contributed by atoms with E-state index in [2.05, 4.69) is 5.32 Å². The molecule has 1 aliphatic carbocycles. The molecule has 4 nitrogen and oxygen atoms in total. The van der Waals surface area contributed by atoms with Gasteiger partial charge in [-0.1, -0.05) is 18.9 Å². The van der Waals surface area contributed by atoms with E-state index in [0.29, 0.717) is 17.7 Å². The highest BCUT2D eigenvalue weighted by molar-refractivity contribution is 5.96. The van der Waals surface area contributed by atoms with Gasteiger partial charge in [0, 0.05) is 23.6 Å². The molecular weight excluding hydrogens is 242 g/mol. The Morgan fingerprint density at radius 3 is 2.84 bits per heavy atom. The summed E-state index contributed by atoms with van der Waals surface area (Å²) in [4.78, 5) is 12.1. The van der Waals surface area contributed by atoms with Crippen LogP contribution in [0.3, 0.4) is 0 Å². The Kier molecular flexibility index (Phi) is 4.43. The maximum atomic E-state index is 12.1. The number of benzene rings is 1. The number of carbonyl (C=O) groups excluding carboxylic acids is 1. The third-order valence-electron chi connectivity index (χ3n) is 3.94. The van der Waals surface area contributed by atoms with Crippen molar-refractivity contribution in [1.82, 2.24) is 5.32 Å². The fourth-order valence-electron chi connectivity index (χ4n) is 2.61. The van der Waals surface area contributed by atoms with Gasteiger partial charge in [-0.3, -0.25) is 4.79 Å². The number of phenolic OH excluding ortho intramolecular Hbond substituents is 1. The van der Waals surface area contributed by atoms with Gasteiger partial charge in [0.25, 0.3) is 5.91 Å². The summed E-state index contributed by atoms with van der Waals surface area (Å²) in [6.45, 7) is 2.22. The molecule has 1 fully saturated rings. The van der Waals surface area contributed by atoms with Crippen molar-refractivity contribution >= 4 is 5.91 Å². The molecule has 1 amide bonds. The van der Waals surface area contributed by atoms with Crippen LogP contribution in [0.1, 0.15) is 41.6 Å². The Morgan fingerprint density at radius 2 is 2.11 bits per heavy atom. The SMILES string of the molecule is Cc1c(O)cccc1C(=O)NCC1CCCCC1O. The largest absolute Gasteiger partial charge is 0.508 e. The summed E-state index contributed by atoms with van der Waals surface area (Å²) in [6, 6.07) is 4.92. The van der Waals surface area contributed by atoms with E-state index < -0.39 is 0 Å². The molecule has 19 heavy (non-hydrogen) atoms. The van der Waals surface area contributed by atoms with Gasteiger partial charge in [-0.15, -0.1) is 0 Å². The minimum Gasteiger partial charge on any atom is -0.508 e. The predicted molar refractivity (Wildman–Crippen MR) is 73.1 cm³/mol. The number of amides is 1. The van der Waals surface area contributed by atoms with Crippen LogP contribution >= 0.6 is 0 Å². The van der Waals surface area contributed by atoms with Crippen molar-refractivity contribution < 1.29 is 15.0 Å². The second kappa shape index (κ2) is 6.06. The first-order chi connectivity index (χ1) is 9.09. The number of phenols is 1. The number of aromatic hydroxyl groups is 1. The fourth-order valence-corrected chi connectivity index (χ4v) is 2.61. The molecule has 1 aliphatic rings. The fraction of sp³-hybridized carbons (Fsp3) is 0.533. The minimum atomic E-state index is -0.306. The van der Waals surface area contributed by atoms with Crippen LogP contribution in [0.5, 0.6) is 5.75 Å². The maximum absolute atomic E-state index is 12.1. The van der Waals surface area contributed by atoms with Crippen molar-refractivity contribution in [2.75, 3.05) is 6.54 Å². The van der Waals surface area contributed by atoms with Gasteiger partial charge in [0.2, 0.25) is 0 Å². The normalized spacial score (nSPS) is 23.1. The molecule has 2 rings (SSSR count). The number of aliphatic hydroxyl groups excluding tert-OH is 1. The molecule has 1 aromatic rings. The molecule has 2 unspecified atom stereocenters. The number of hydrogen-bond acceptors (Lipinski definition) is 3. The van der Waals surface area contributed by atoms with Crippen molar-refractivity contribution in [3.63, 3.8) is 0 Å². The van der Waals surface area contributed by atoms with E-state index in [-0.39, 0.29) is 23.7 Å². The first-order valence-electron chi connectivity index (χ1n) is 6.84. The minimum absolute atomic E-state index is 0.130. The van der Waals surface area contributed by atoms with Gasteiger partial charge in [-0.05, 0) is 31.9 Å². The van der Waals surface area contributed by atoms with Crippen LogP contribution in [-0.4, -0.2) is 28.8 Å². The molecule has 1 aromatic carbocycles. The van der Waals surface area contributed by atoms with Crippen molar-refractivity contribution in [2.24, 2.45) is 5.92 Å². The Balaban J connectivity index is 1.95. The molecule has 104 valence electrons. The smallest absolute Gasteiger partial charge is 0.251 e. The predicted octanol–water partition coefficient (Wildman–Crippen LogP) is 1.98. The first kappa shape index (κ1) is 13.9. The number of nitrogens with one attached hydrogen (secondary N) is 1. The van der Waals surface area contributed by atoms with Crippen LogP contribution < -0.4 is 5.32 Å². The molecule has 3 N–H and O–H groups in total. The first-order valence-corrected chi connectivity index (χ1v) is 6.84. The molecule has 0 heterocycles. The average Bonchev–Trinajstić information content (AvgIpc) is 2.40. The lowest BCUT2D eigenvalue weighted by Gasteiger charge is -2.27. The summed E-state index contributed by atoms with van der Waals surface area (Å²) in [5, 5.41) is 22.3. The number of aliphatic hydroxyl groups is 1. The molecule has 2 atom stereocenters. The van der Waals surface area contributed by atoms with Crippen LogP contribution in [0.15, 0.2) is 18.2 Å². The zero-order chi connectivity index (χ0) is 13.8. The van der Waals surface area contributed by atoms with Crippen LogP contribution in [0.2, 0.25) is 0 Å². The highest BCUT2D eigenvalue weighted by atomic mass is 16.3. The molecule has 0 spiro atoms. The van der Waals surface area contributed by atoms with Crippen molar-refractivity contribution in [3.8, 4) is 5.75 Å². The van der Waals surface area contributed by atoms with Gasteiger partial charge >= 0.3 is 0 Å². The zero-order valence-corrected chi connectivity index (χ0v) is 11.2. The highest BCUT2D eigenvalue weighted by Crippen LogP contribution is 2.24. The van der Waals surface area contributed by atoms with E-state index in [4.69, 9.17) is 0 Å². The summed E-state index contributed by atoms with van der Waals surface area (Å²) >= 11 is 0. The van der Waals surface area contributed by atoms with Gasteiger partial charge in [-0.25, -0.2) is 0 Å². The summed E-state index contributed by atoms with van der Waals surface area (Å²) < 4.78 is 0. The second-order valence-electron chi connectivity index (χ2n) is 5.27. The quantitative estimate of drug-likeness (QED) is 0.781. The van der Waals surface area contributed by atoms with Crippen molar-refractivity contribution in [1.29, 1.82) is 0 Å². The topological polar surface area (TPSA) is 69.6 Å². The number of rotatable bonds is 3. The lowest BCUT2D eigenvalue weighted by molar-refractivity contribution is 0.0662. The Labute approximate surface area is 113 Å². The van der Waals surface area contributed by atoms with E-state index >= 15 is 0 Å². The summed E-state index contributed by atoms with van der Waals surface area (Å²) in [5.41, 5.74) is 1.08. The Hall–Kier alpha value is -1.55. The monoisotopic (exact) mass is 263 g/mol. The van der Waals surface area contributed by atoms with Crippen LogP contribution in [-0.2, 0) is 0 Å². The van der Waals surface area contributed by atoms with E-state index in [0.717, 1.165) is 25.7 Å². The van der Waals surface area contributed by atoms with Gasteiger partial charge < -0.3 is 15.5 Å². The lowest BCUT2D eigenvalue weighted by atomic mass is 9.86. The third-order valence-corrected chi connectivity index (χ3v) is 3.94. The molecule has 0 bridgehead atoms. The van der Waals surface area contributed by atoms with Gasteiger partial charge in [0.05, 0.1) is 6.10 Å². The summed E-state index contributed by atoms with van der Waals surface area (Å²) in [5.74, 6) is 0.0897. The average molecular weight is 263 g/mol. The Morgan fingerprint density at radius 1 is 1.37 bits per heavy atom. The molecular formula is C15H21NO3. The molecule has 4 heteroatoms. The highest BCUT2D eigenvalue weighted by Gasteiger charge is 2.23. The summed E-state index contributed by atoms with van der Waals surface area (Å²) in [6.07, 6.45) is 3.66. The third kappa shape index (κ3) is 3.26. The molecule has 0 aromatic heterocycles.